The summed E-state index contributed by atoms with van der Waals surface area (Å²) in [4.78, 5) is 12.3. The molecule has 0 aliphatic heterocycles. The number of aromatic nitrogens is 4. The lowest BCUT2D eigenvalue weighted by Crippen LogP contribution is -2.12. The van der Waals surface area contributed by atoms with Gasteiger partial charge in [-0.25, -0.2) is 4.68 Å². The number of tetrazole rings is 1. The Bertz CT molecular complexity index is 878. The van der Waals surface area contributed by atoms with E-state index in [9.17, 15) is 9.90 Å². The van der Waals surface area contributed by atoms with Gasteiger partial charge in [-0.3, -0.25) is 4.79 Å². The zero-order valence-electron chi connectivity index (χ0n) is 12.1. The highest BCUT2D eigenvalue weighted by Gasteiger charge is 2.13. The third-order valence-electron chi connectivity index (χ3n) is 3.20. The predicted molar refractivity (Wildman–Crippen MR) is 88.0 cm³/mol. The van der Waals surface area contributed by atoms with Gasteiger partial charge in [0.05, 0.1) is 5.56 Å². The third kappa shape index (κ3) is 3.21. The molecule has 0 saturated carbocycles. The fraction of sp³-hybridized carbons (Fsp3) is 0.0667. The van der Waals surface area contributed by atoms with Gasteiger partial charge in [-0.2, -0.15) is 0 Å². The molecule has 0 bridgehead atoms. The lowest BCUT2D eigenvalue weighted by atomic mass is 10.1. The van der Waals surface area contributed by atoms with Gasteiger partial charge in [0.25, 0.3) is 5.91 Å². The van der Waals surface area contributed by atoms with Gasteiger partial charge >= 0.3 is 0 Å². The number of carbonyl (C=O) groups is 1. The van der Waals surface area contributed by atoms with Crippen LogP contribution in [0, 0.1) is 0 Å². The fourth-order valence-electron chi connectivity index (χ4n) is 2.10. The number of aryl methyl sites for hydroxylation is 1. The molecule has 3 aromatic rings. The van der Waals surface area contributed by atoms with Crippen molar-refractivity contribution in [3.8, 4) is 17.1 Å². The minimum atomic E-state index is -0.406. The highest BCUT2D eigenvalue weighted by atomic mass is 79.9. The Morgan fingerprint density at radius 1 is 1.26 bits per heavy atom. The van der Waals surface area contributed by atoms with Crippen LogP contribution < -0.4 is 5.32 Å². The number of aromatic hydroxyl groups is 1. The van der Waals surface area contributed by atoms with Gasteiger partial charge in [0.2, 0.25) is 0 Å². The normalized spacial score (nSPS) is 10.5. The minimum absolute atomic E-state index is 0.0839. The Morgan fingerprint density at radius 2 is 2.09 bits per heavy atom. The summed E-state index contributed by atoms with van der Waals surface area (Å²) in [5, 5.41) is 23.9. The van der Waals surface area contributed by atoms with E-state index >= 15 is 0 Å². The topological polar surface area (TPSA) is 92.9 Å². The molecule has 0 atom stereocenters. The Labute approximate surface area is 140 Å². The van der Waals surface area contributed by atoms with E-state index < -0.39 is 5.91 Å². The number of nitrogens with zero attached hydrogens (tertiary/aromatic N) is 4. The summed E-state index contributed by atoms with van der Waals surface area (Å²) in [5.74, 6) is 0.0998. The van der Waals surface area contributed by atoms with Crippen molar-refractivity contribution in [3.63, 3.8) is 0 Å². The van der Waals surface area contributed by atoms with Gasteiger partial charge in [-0.15, -0.1) is 5.10 Å². The Balaban J connectivity index is 1.87. The molecule has 3 rings (SSSR count). The van der Waals surface area contributed by atoms with Crippen LogP contribution >= 0.6 is 15.9 Å². The van der Waals surface area contributed by atoms with Gasteiger partial charge in [-0.05, 0) is 40.8 Å². The van der Waals surface area contributed by atoms with Crippen LogP contribution in [-0.4, -0.2) is 31.2 Å². The molecule has 0 spiro atoms. The maximum absolute atomic E-state index is 12.3. The van der Waals surface area contributed by atoms with Gasteiger partial charge in [0, 0.05) is 22.8 Å². The van der Waals surface area contributed by atoms with Crippen LogP contribution in [0.2, 0.25) is 0 Å². The number of anilines is 1. The van der Waals surface area contributed by atoms with E-state index in [1.165, 1.54) is 6.07 Å². The van der Waals surface area contributed by atoms with Crippen LogP contribution in [0.5, 0.6) is 5.75 Å². The summed E-state index contributed by atoms with van der Waals surface area (Å²) < 4.78 is 2.25. The first-order valence-corrected chi connectivity index (χ1v) is 7.46. The van der Waals surface area contributed by atoms with Crippen molar-refractivity contribution in [2.24, 2.45) is 7.05 Å². The fourth-order valence-corrected chi connectivity index (χ4v) is 2.46. The summed E-state index contributed by atoms with van der Waals surface area (Å²) in [6.07, 6.45) is 0. The summed E-state index contributed by atoms with van der Waals surface area (Å²) in [7, 11) is 1.74. The van der Waals surface area contributed by atoms with E-state index in [0.29, 0.717) is 16.0 Å². The zero-order chi connectivity index (χ0) is 16.4. The van der Waals surface area contributed by atoms with Crippen molar-refractivity contribution < 1.29 is 9.90 Å². The molecule has 1 amide bonds. The lowest BCUT2D eigenvalue weighted by molar-refractivity contribution is 0.102. The number of halogens is 1. The molecule has 0 saturated heterocycles. The Hall–Kier alpha value is -2.74. The van der Waals surface area contributed by atoms with Crippen molar-refractivity contribution >= 4 is 27.5 Å². The molecule has 2 N–H and O–H groups in total. The smallest absolute Gasteiger partial charge is 0.259 e. The third-order valence-corrected chi connectivity index (χ3v) is 3.70. The number of rotatable bonds is 3. The van der Waals surface area contributed by atoms with E-state index in [0.717, 1.165) is 5.56 Å². The highest BCUT2D eigenvalue weighted by Crippen LogP contribution is 2.24. The number of carbonyl (C=O) groups excluding carboxylic acids is 1. The maximum Gasteiger partial charge on any atom is 0.259 e. The molecule has 0 fully saturated rings. The zero-order valence-corrected chi connectivity index (χ0v) is 13.6. The average molecular weight is 374 g/mol. The molecule has 0 unspecified atom stereocenters. The molecule has 1 aromatic heterocycles. The van der Waals surface area contributed by atoms with Crippen molar-refractivity contribution in [3.05, 3.63) is 52.5 Å². The second-order valence-electron chi connectivity index (χ2n) is 4.82. The standard InChI is InChI=1S/C15H12BrN5O2/c1-21-14(18-19-20-21)9-3-2-4-11(7-9)17-15(23)12-8-10(16)5-6-13(12)22/h2-8,22H,1H3,(H,17,23). The molecule has 116 valence electrons. The average Bonchev–Trinajstić information content (AvgIpc) is 2.96. The Morgan fingerprint density at radius 3 is 2.83 bits per heavy atom. The summed E-state index contributed by atoms with van der Waals surface area (Å²) >= 11 is 3.28. The van der Waals surface area contributed by atoms with Crippen LogP contribution in [0.3, 0.4) is 0 Å². The molecule has 0 aliphatic carbocycles. The Kier molecular flexibility index (Phi) is 4.07. The minimum Gasteiger partial charge on any atom is -0.507 e. The van der Waals surface area contributed by atoms with Gasteiger partial charge in [-0.1, -0.05) is 28.1 Å². The summed E-state index contributed by atoms with van der Waals surface area (Å²) in [6, 6.07) is 11.8. The van der Waals surface area contributed by atoms with Crippen LogP contribution in [-0.2, 0) is 7.05 Å². The molecule has 1 heterocycles. The molecule has 0 aliphatic rings. The van der Waals surface area contributed by atoms with Crippen LogP contribution in [0.4, 0.5) is 5.69 Å². The molecule has 2 aromatic carbocycles. The molecular weight excluding hydrogens is 362 g/mol. The first-order valence-electron chi connectivity index (χ1n) is 6.67. The first kappa shape index (κ1) is 15.2. The van der Waals surface area contributed by atoms with E-state index in [1.54, 1.807) is 42.1 Å². The second-order valence-corrected chi connectivity index (χ2v) is 5.74. The highest BCUT2D eigenvalue weighted by molar-refractivity contribution is 9.10. The van der Waals surface area contributed by atoms with E-state index in [2.05, 4.69) is 36.8 Å². The van der Waals surface area contributed by atoms with E-state index in [-0.39, 0.29) is 11.3 Å². The molecule has 8 heteroatoms. The van der Waals surface area contributed by atoms with Crippen LogP contribution in [0.25, 0.3) is 11.4 Å². The van der Waals surface area contributed by atoms with Crippen LogP contribution in [0.15, 0.2) is 46.9 Å². The van der Waals surface area contributed by atoms with Gasteiger partial charge < -0.3 is 10.4 Å². The quantitative estimate of drug-likeness (QED) is 0.735. The number of hydrogen-bond acceptors (Lipinski definition) is 5. The van der Waals surface area contributed by atoms with Crippen molar-refractivity contribution in [2.75, 3.05) is 5.32 Å². The lowest BCUT2D eigenvalue weighted by Gasteiger charge is -2.08. The number of nitrogens with one attached hydrogen (secondary N) is 1. The number of phenolic OH excluding ortho intramolecular Hbond substituents is 1. The SMILES string of the molecule is Cn1nnnc1-c1cccc(NC(=O)c2cc(Br)ccc2O)c1. The molecular formula is C15H12BrN5O2. The predicted octanol–water partition coefficient (Wildman–Crippen LogP) is 2.60. The van der Waals surface area contributed by atoms with Gasteiger partial charge in [0.1, 0.15) is 5.75 Å². The van der Waals surface area contributed by atoms with Gasteiger partial charge in [0.15, 0.2) is 5.82 Å². The van der Waals surface area contributed by atoms with Crippen molar-refractivity contribution in [2.45, 2.75) is 0 Å². The first-order chi connectivity index (χ1) is 11.0. The number of benzene rings is 2. The van der Waals surface area contributed by atoms with E-state index in [4.69, 9.17) is 0 Å². The van der Waals surface area contributed by atoms with Crippen molar-refractivity contribution in [1.82, 2.24) is 20.2 Å². The summed E-state index contributed by atoms with van der Waals surface area (Å²) in [6.45, 7) is 0. The number of phenols is 1. The monoisotopic (exact) mass is 373 g/mol. The molecule has 23 heavy (non-hydrogen) atoms. The number of amides is 1. The van der Waals surface area contributed by atoms with Crippen molar-refractivity contribution in [1.29, 1.82) is 0 Å². The van der Waals surface area contributed by atoms with E-state index in [1.807, 2.05) is 6.07 Å². The largest absolute Gasteiger partial charge is 0.507 e. The number of hydrogen-bond donors (Lipinski definition) is 2. The maximum atomic E-state index is 12.3. The summed E-state index contributed by atoms with van der Waals surface area (Å²) in [5.41, 5.74) is 1.54. The molecule has 7 nitrogen and oxygen atoms in total. The van der Waals surface area contributed by atoms with Crippen LogP contribution in [0.1, 0.15) is 10.4 Å². The second kappa shape index (κ2) is 6.17. The molecule has 0 radical (unpaired) electrons.